The molecule has 0 radical (unpaired) electrons. The third-order valence-corrected chi connectivity index (χ3v) is 3.78. The second-order valence-electron chi connectivity index (χ2n) is 5.27. The van der Waals surface area contributed by atoms with E-state index in [1.54, 1.807) is 12.1 Å². The Labute approximate surface area is 120 Å². The average Bonchev–Trinajstić information content (AvgIpc) is 3.12. The lowest BCUT2D eigenvalue weighted by Crippen LogP contribution is -2.31. The lowest BCUT2D eigenvalue weighted by Gasteiger charge is -2.21. The molecule has 1 fully saturated rings. The number of nitriles is 1. The highest BCUT2D eigenvalue weighted by atomic mass is 19.1. The molecule has 1 aliphatic rings. The fourth-order valence-corrected chi connectivity index (χ4v) is 2.66. The lowest BCUT2D eigenvalue weighted by molar-refractivity contribution is 0.0409. The monoisotopic (exact) mass is 287 g/mol. The fraction of sp³-hybridized carbons (Fsp3) is 0.357. The molecule has 1 atom stereocenters. The van der Waals surface area contributed by atoms with Gasteiger partial charge in [-0.3, -0.25) is 4.90 Å². The Kier molecular flexibility index (Phi) is 3.41. The van der Waals surface area contributed by atoms with E-state index < -0.39 is 11.4 Å². The number of nitrogens with one attached hydrogen (secondary N) is 1. The Hall–Kier alpha value is -2.30. The predicted molar refractivity (Wildman–Crippen MR) is 71.3 cm³/mol. The Bertz CT molecular complexity index is 681. The molecule has 6 nitrogen and oxygen atoms in total. The van der Waals surface area contributed by atoms with Crippen LogP contribution in [0.5, 0.6) is 0 Å². The minimum atomic E-state index is -1.01. The van der Waals surface area contributed by atoms with Crippen LogP contribution in [0.25, 0.3) is 0 Å². The van der Waals surface area contributed by atoms with E-state index >= 15 is 0 Å². The third-order valence-electron chi connectivity index (χ3n) is 3.78. The Morgan fingerprint density at radius 2 is 2.38 bits per heavy atom. The summed E-state index contributed by atoms with van der Waals surface area (Å²) in [5.41, 5.74) is 0.406. The molecule has 1 unspecified atom stereocenters. The summed E-state index contributed by atoms with van der Waals surface area (Å²) in [5.74, 6) is -0.512. The summed E-state index contributed by atoms with van der Waals surface area (Å²) in [4.78, 5) is 2.04. The third kappa shape index (κ3) is 2.63. The second kappa shape index (κ2) is 5.24. The highest BCUT2D eigenvalue weighted by molar-refractivity contribution is 5.34. The molecular weight excluding hydrogens is 273 g/mol. The summed E-state index contributed by atoms with van der Waals surface area (Å²) in [6.07, 6.45) is 2.08. The standard InChI is InChI=1S/C14H14FN5O/c15-12-2-1-10(5-11(12)6-16)8-20-4-3-14(21,9-20)13-7-17-19-18-13/h1-2,5,7,21H,3-4,8-9H2,(H,17,18,19). The SMILES string of the molecule is N#Cc1cc(CN2CCC(O)(c3cn[nH]n3)C2)ccc1F. The molecule has 2 aromatic rings. The van der Waals surface area contributed by atoms with Gasteiger partial charge in [0.2, 0.25) is 0 Å². The predicted octanol–water partition coefficient (Wildman–Crippen LogP) is 0.909. The molecule has 21 heavy (non-hydrogen) atoms. The lowest BCUT2D eigenvalue weighted by atomic mass is 10.00. The van der Waals surface area contributed by atoms with E-state index in [0.717, 1.165) is 5.56 Å². The number of hydrogen-bond acceptors (Lipinski definition) is 5. The summed E-state index contributed by atoms with van der Waals surface area (Å²) >= 11 is 0. The Balaban J connectivity index is 1.72. The second-order valence-corrected chi connectivity index (χ2v) is 5.27. The van der Waals surface area contributed by atoms with Gasteiger partial charge in [-0.25, -0.2) is 4.39 Å². The molecule has 0 bridgehead atoms. The van der Waals surface area contributed by atoms with E-state index in [2.05, 4.69) is 15.4 Å². The molecule has 2 heterocycles. The van der Waals surface area contributed by atoms with E-state index in [-0.39, 0.29) is 5.56 Å². The number of hydrogen-bond donors (Lipinski definition) is 2. The number of rotatable bonds is 3. The van der Waals surface area contributed by atoms with Gasteiger partial charge in [0.15, 0.2) is 0 Å². The molecule has 1 saturated heterocycles. The van der Waals surface area contributed by atoms with Crippen LogP contribution in [-0.4, -0.2) is 38.5 Å². The molecule has 0 amide bonds. The van der Waals surface area contributed by atoms with Gasteiger partial charge in [0.25, 0.3) is 0 Å². The van der Waals surface area contributed by atoms with Crippen molar-refractivity contribution in [1.82, 2.24) is 20.3 Å². The van der Waals surface area contributed by atoms with Gasteiger partial charge in [0, 0.05) is 19.6 Å². The quantitative estimate of drug-likeness (QED) is 0.876. The summed E-state index contributed by atoms with van der Waals surface area (Å²) in [7, 11) is 0. The van der Waals surface area contributed by atoms with E-state index in [4.69, 9.17) is 5.26 Å². The molecule has 1 aromatic heterocycles. The number of H-pyrrole nitrogens is 1. The van der Waals surface area contributed by atoms with Crippen LogP contribution < -0.4 is 0 Å². The minimum absolute atomic E-state index is 0.0402. The van der Waals surface area contributed by atoms with Gasteiger partial charge >= 0.3 is 0 Å². The van der Waals surface area contributed by atoms with E-state index in [1.807, 2.05) is 11.0 Å². The fourth-order valence-electron chi connectivity index (χ4n) is 2.66. The molecule has 3 rings (SSSR count). The van der Waals surface area contributed by atoms with Crippen molar-refractivity contribution in [3.8, 4) is 6.07 Å². The normalized spacial score (nSPS) is 22.3. The number of nitrogens with zero attached hydrogens (tertiary/aromatic N) is 4. The zero-order valence-electron chi connectivity index (χ0n) is 11.3. The highest BCUT2D eigenvalue weighted by Crippen LogP contribution is 2.31. The van der Waals surface area contributed by atoms with Crippen molar-refractivity contribution in [3.63, 3.8) is 0 Å². The number of halogens is 1. The molecule has 0 saturated carbocycles. The Morgan fingerprint density at radius 3 is 3.10 bits per heavy atom. The zero-order chi connectivity index (χ0) is 14.9. The van der Waals surface area contributed by atoms with Gasteiger partial charge in [0.05, 0.1) is 11.8 Å². The first-order valence-electron chi connectivity index (χ1n) is 6.60. The van der Waals surface area contributed by atoms with Crippen molar-refractivity contribution in [3.05, 3.63) is 47.0 Å². The first kappa shape index (κ1) is 13.7. The first-order chi connectivity index (χ1) is 10.1. The van der Waals surface area contributed by atoms with Crippen LogP contribution in [0.2, 0.25) is 0 Å². The van der Waals surface area contributed by atoms with Gasteiger partial charge in [-0.1, -0.05) is 6.07 Å². The molecule has 0 aliphatic carbocycles. The summed E-state index contributed by atoms with van der Waals surface area (Å²) in [6, 6.07) is 6.33. The van der Waals surface area contributed by atoms with Crippen molar-refractivity contribution in [2.45, 2.75) is 18.6 Å². The van der Waals surface area contributed by atoms with Crippen LogP contribution in [0.1, 0.15) is 23.2 Å². The molecule has 1 aromatic carbocycles. The molecule has 1 aliphatic heterocycles. The van der Waals surface area contributed by atoms with Crippen LogP contribution in [-0.2, 0) is 12.1 Å². The summed E-state index contributed by atoms with van der Waals surface area (Å²) < 4.78 is 13.3. The largest absolute Gasteiger partial charge is 0.382 e. The van der Waals surface area contributed by atoms with Gasteiger partial charge in [-0.15, -0.1) is 0 Å². The summed E-state index contributed by atoms with van der Waals surface area (Å²) in [5, 5.41) is 29.6. The highest BCUT2D eigenvalue weighted by Gasteiger charge is 2.39. The smallest absolute Gasteiger partial charge is 0.140 e. The number of β-amino-alcohol motifs (C(OH)–C–C–N with tert-alkyl or cyclic N) is 1. The molecular formula is C14H14FN5O. The van der Waals surface area contributed by atoms with Crippen molar-refractivity contribution in [2.24, 2.45) is 0 Å². The van der Waals surface area contributed by atoms with Gasteiger partial charge in [0.1, 0.15) is 23.2 Å². The van der Waals surface area contributed by atoms with Gasteiger partial charge in [-0.2, -0.15) is 20.7 Å². The van der Waals surface area contributed by atoms with Gasteiger partial charge < -0.3 is 5.11 Å². The number of aromatic nitrogens is 3. The number of aromatic amines is 1. The van der Waals surface area contributed by atoms with Crippen molar-refractivity contribution < 1.29 is 9.50 Å². The number of benzene rings is 1. The van der Waals surface area contributed by atoms with Crippen LogP contribution >= 0.6 is 0 Å². The van der Waals surface area contributed by atoms with Crippen molar-refractivity contribution in [2.75, 3.05) is 13.1 Å². The maximum atomic E-state index is 13.3. The Morgan fingerprint density at radius 1 is 1.52 bits per heavy atom. The van der Waals surface area contributed by atoms with Crippen LogP contribution in [0.15, 0.2) is 24.4 Å². The van der Waals surface area contributed by atoms with Crippen molar-refractivity contribution in [1.29, 1.82) is 5.26 Å². The molecule has 0 spiro atoms. The van der Waals surface area contributed by atoms with Crippen molar-refractivity contribution >= 4 is 0 Å². The zero-order valence-corrected chi connectivity index (χ0v) is 11.3. The maximum Gasteiger partial charge on any atom is 0.140 e. The van der Waals surface area contributed by atoms with Crippen LogP contribution in [0, 0.1) is 17.1 Å². The minimum Gasteiger partial charge on any atom is -0.382 e. The molecule has 7 heteroatoms. The summed E-state index contributed by atoms with van der Waals surface area (Å²) in [6.45, 7) is 1.68. The van der Waals surface area contributed by atoms with E-state index in [9.17, 15) is 9.50 Å². The average molecular weight is 287 g/mol. The number of likely N-dealkylation sites (tertiary alicyclic amines) is 1. The topological polar surface area (TPSA) is 88.8 Å². The molecule has 108 valence electrons. The van der Waals surface area contributed by atoms with E-state index in [0.29, 0.717) is 31.7 Å². The molecule has 2 N–H and O–H groups in total. The van der Waals surface area contributed by atoms with Crippen LogP contribution in [0.4, 0.5) is 4.39 Å². The maximum absolute atomic E-state index is 13.3. The van der Waals surface area contributed by atoms with E-state index in [1.165, 1.54) is 12.3 Å². The van der Waals surface area contributed by atoms with Gasteiger partial charge in [-0.05, 0) is 24.1 Å². The first-order valence-corrected chi connectivity index (χ1v) is 6.60. The van der Waals surface area contributed by atoms with Crippen LogP contribution in [0.3, 0.4) is 0 Å². The number of aliphatic hydroxyl groups is 1.